The molecule has 0 aromatic carbocycles. The Morgan fingerprint density at radius 2 is 2.00 bits per heavy atom. The number of halogens is 1. The second kappa shape index (κ2) is 4.62. The fraction of sp³-hybridized carbons (Fsp3) is 1.00. The third kappa shape index (κ3) is 6.46. The standard InChI is InChI=1S/C3H8BBrO2/c5-3-1-2-4(6)7/h6-7H,1-3H2. The zero-order valence-corrected chi connectivity index (χ0v) is 5.56. The Hall–Kier alpha value is 0.465. The van der Waals surface area contributed by atoms with Crippen molar-refractivity contribution in [2.24, 2.45) is 0 Å². The zero-order valence-electron chi connectivity index (χ0n) is 3.97. The molecule has 4 heteroatoms. The van der Waals surface area contributed by atoms with Crippen LogP contribution in [0.5, 0.6) is 0 Å². The van der Waals surface area contributed by atoms with Crippen molar-refractivity contribution < 1.29 is 10.0 Å². The van der Waals surface area contributed by atoms with Crippen LogP contribution >= 0.6 is 15.9 Å². The maximum Gasteiger partial charge on any atom is 0.451 e. The maximum atomic E-state index is 8.22. The van der Waals surface area contributed by atoms with Crippen LogP contribution in [-0.2, 0) is 0 Å². The molecule has 0 heterocycles. The molecule has 0 spiro atoms. The summed E-state index contributed by atoms with van der Waals surface area (Å²) in [5, 5.41) is 17.3. The normalized spacial score (nSPS) is 9.00. The third-order valence-electron chi connectivity index (χ3n) is 0.596. The Kier molecular flexibility index (Phi) is 4.93. The van der Waals surface area contributed by atoms with E-state index in [9.17, 15) is 0 Å². The van der Waals surface area contributed by atoms with E-state index < -0.39 is 7.12 Å². The summed E-state index contributed by atoms with van der Waals surface area (Å²) in [6.07, 6.45) is 1.28. The molecule has 2 nitrogen and oxygen atoms in total. The molecule has 0 aliphatic carbocycles. The van der Waals surface area contributed by atoms with Crippen LogP contribution in [0.2, 0.25) is 6.32 Å². The van der Waals surface area contributed by atoms with Gasteiger partial charge in [0.1, 0.15) is 0 Å². The summed E-state index contributed by atoms with van der Waals surface area (Å²) < 4.78 is 0. The van der Waals surface area contributed by atoms with Crippen molar-refractivity contribution in [3.8, 4) is 0 Å². The number of rotatable bonds is 3. The summed E-state index contributed by atoms with van der Waals surface area (Å²) in [6, 6.07) is 0. The van der Waals surface area contributed by atoms with E-state index in [2.05, 4.69) is 15.9 Å². The van der Waals surface area contributed by atoms with Crippen LogP contribution in [-0.4, -0.2) is 22.5 Å². The summed E-state index contributed by atoms with van der Waals surface area (Å²) in [7, 11) is -1.13. The summed E-state index contributed by atoms with van der Waals surface area (Å²) in [4.78, 5) is 0. The van der Waals surface area contributed by atoms with Gasteiger partial charge in [-0.2, -0.15) is 0 Å². The monoisotopic (exact) mass is 166 g/mol. The van der Waals surface area contributed by atoms with Gasteiger partial charge >= 0.3 is 7.12 Å². The van der Waals surface area contributed by atoms with Crippen molar-refractivity contribution in [3.05, 3.63) is 0 Å². The first-order valence-electron chi connectivity index (χ1n) is 2.19. The molecule has 0 fully saturated rings. The lowest BCUT2D eigenvalue weighted by Gasteiger charge is -1.90. The second-order valence-corrected chi connectivity index (χ2v) is 2.10. The van der Waals surface area contributed by atoms with Gasteiger partial charge in [-0.15, -0.1) is 0 Å². The third-order valence-corrected chi connectivity index (χ3v) is 1.16. The number of hydrogen-bond donors (Lipinski definition) is 2. The molecule has 7 heavy (non-hydrogen) atoms. The first-order valence-corrected chi connectivity index (χ1v) is 3.31. The Bertz CT molecular complexity index is 41.9. The van der Waals surface area contributed by atoms with Crippen LogP contribution in [0, 0.1) is 0 Å². The predicted octanol–water partition coefficient (Wildman–Crippen LogP) is 0.244. The average Bonchev–Trinajstić information content (AvgIpc) is 1.61. The van der Waals surface area contributed by atoms with E-state index in [0.717, 1.165) is 11.8 Å². The van der Waals surface area contributed by atoms with Crippen molar-refractivity contribution in [1.82, 2.24) is 0 Å². The Morgan fingerprint density at radius 1 is 1.43 bits per heavy atom. The fourth-order valence-electron chi connectivity index (χ4n) is 0.260. The first-order chi connectivity index (χ1) is 3.27. The molecule has 0 aromatic rings. The van der Waals surface area contributed by atoms with Gasteiger partial charge in [0.2, 0.25) is 0 Å². The molecule has 0 aromatic heterocycles. The topological polar surface area (TPSA) is 40.5 Å². The van der Waals surface area contributed by atoms with Crippen LogP contribution in [0.4, 0.5) is 0 Å². The van der Waals surface area contributed by atoms with Crippen molar-refractivity contribution in [2.45, 2.75) is 12.7 Å². The lowest BCUT2D eigenvalue weighted by atomic mass is 9.85. The van der Waals surface area contributed by atoms with Gasteiger partial charge in [0.25, 0.3) is 0 Å². The van der Waals surface area contributed by atoms with E-state index in [0.29, 0.717) is 6.32 Å². The van der Waals surface area contributed by atoms with E-state index in [1.165, 1.54) is 0 Å². The quantitative estimate of drug-likeness (QED) is 0.466. The maximum absolute atomic E-state index is 8.22. The van der Waals surface area contributed by atoms with Crippen LogP contribution in [0.3, 0.4) is 0 Å². The van der Waals surface area contributed by atoms with Gasteiger partial charge in [-0.3, -0.25) is 0 Å². The Labute approximate surface area is 51.8 Å². The summed E-state index contributed by atoms with van der Waals surface area (Å²) in [6.45, 7) is 0. The van der Waals surface area contributed by atoms with E-state index in [-0.39, 0.29) is 0 Å². The molecule has 0 saturated carbocycles. The fourth-order valence-corrected chi connectivity index (χ4v) is 0.583. The van der Waals surface area contributed by atoms with Gasteiger partial charge < -0.3 is 10.0 Å². The predicted molar refractivity (Wildman–Crippen MR) is 33.4 cm³/mol. The molecule has 0 rings (SSSR count). The molecule has 0 atom stereocenters. The highest BCUT2D eigenvalue weighted by Crippen LogP contribution is 1.94. The molecule has 2 N–H and O–H groups in total. The van der Waals surface area contributed by atoms with E-state index >= 15 is 0 Å². The molecule has 0 aliphatic heterocycles. The van der Waals surface area contributed by atoms with Gasteiger partial charge in [-0.1, -0.05) is 15.9 Å². The lowest BCUT2D eigenvalue weighted by molar-refractivity contribution is 0.405. The van der Waals surface area contributed by atoms with E-state index in [4.69, 9.17) is 10.0 Å². The molecular formula is C3H8BBrO2. The minimum Gasteiger partial charge on any atom is -0.427 e. The largest absolute Gasteiger partial charge is 0.451 e. The number of alkyl halides is 1. The summed E-state index contributed by atoms with van der Waals surface area (Å²) in [5.74, 6) is 0. The van der Waals surface area contributed by atoms with E-state index in [1.54, 1.807) is 0 Å². The number of hydrogen-bond acceptors (Lipinski definition) is 2. The lowest BCUT2D eigenvalue weighted by Crippen LogP contribution is -2.09. The van der Waals surface area contributed by atoms with Gasteiger partial charge in [0.05, 0.1) is 0 Å². The Balaban J connectivity index is 2.68. The SMILES string of the molecule is OB(O)CCCBr. The van der Waals surface area contributed by atoms with E-state index in [1.807, 2.05) is 0 Å². The molecule has 0 aliphatic rings. The Morgan fingerprint density at radius 3 is 2.14 bits per heavy atom. The minimum atomic E-state index is -1.13. The molecular weight excluding hydrogens is 159 g/mol. The second-order valence-electron chi connectivity index (χ2n) is 1.31. The van der Waals surface area contributed by atoms with Gasteiger partial charge in [-0.25, -0.2) is 0 Å². The van der Waals surface area contributed by atoms with Gasteiger partial charge in [0.15, 0.2) is 0 Å². The van der Waals surface area contributed by atoms with Gasteiger partial charge in [-0.05, 0) is 12.7 Å². The molecule has 42 valence electrons. The van der Waals surface area contributed by atoms with Crippen molar-refractivity contribution in [3.63, 3.8) is 0 Å². The van der Waals surface area contributed by atoms with Crippen molar-refractivity contribution in [1.29, 1.82) is 0 Å². The average molecular weight is 167 g/mol. The molecule has 0 bridgehead atoms. The molecule has 0 unspecified atom stereocenters. The molecule has 0 saturated heterocycles. The van der Waals surface area contributed by atoms with Crippen molar-refractivity contribution >= 4 is 23.0 Å². The van der Waals surface area contributed by atoms with Gasteiger partial charge in [0, 0.05) is 5.33 Å². The van der Waals surface area contributed by atoms with Crippen LogP contribution in [0.25, 0.3) is 0 Å². The highest BCUT2D eigenvalue weighted by molar-refractivity contribution is 9.09. The molecule has 0 radical (unpaired) electrons. The van der Waals surface area contributed by atoms with Crippen LogP contribution < -0.4 is 0 Å². The first kappa shape index (κ1) is 7.46. The van der Waals surface area contributed by atoms with Crippen LogP contribution in [0.1, 0.15) is 6.42 Å². The molecule has 0 amide bonds. The van der Waals surface area contributed by atoms with Crippen LogP contribution in [0.15, 0.2) is 0 Å². The van der Waals surface area contributed by atoms with Crippen molar-refractivity contribution in [2.75, 3.05) is 5.33 Å². The highest BCUT2D eigenvalue weighted by atomic mass is 79.9. The highest BCUT2D eigenvalue weighted by Gasteiger charge is 2.02. The summed E-state index contributed by atoms with van der Waals surface area (Å²) in [5.41, 5.74) is 0. The smallest absolute Gasteiger partial charge is 0.427 e. The minimum absolute atomic E-state index is 0.464. The summed E-state index contributed by atoms with van der Waals surface area (Å²) >= 11 is 3.16. The zero-order chi connectivity index (χ0) is 5.70.